The van der Waals surface area contributed by atoms with E-state index in [1.165, 1.54) is 0 Å². The monoisotopic (exact) mass is 279 g/mol. The highest BCUT2D eigenvalue weighted by Gasteiger charge is 2.33. The lowest BCUT2D eigenvalue weighted by Crippen LogP contribution is -2.54. The Bertz CT molecular complexity index is 430. The molecule has 0 spiro atoms. The molecule has 4 heteroatoms. The minimum Gasteiger partial charge on any atom is -0.394 e. The summed E-state index contributed by atoms with van der Waals surface area (Å²) in [5.74, 6) is 0. The molecule has 0 saturated carbocycles. The van der Waals surface area contributed by atoms with Crippen molar-refractivity contribution in [1.82, 2.24) is 0 Å². The molecule has 1 fully saturated rings. The number of aliphatic hydroxyl groups is 2. The van der Waals surface area contributed by atoms with E-state index in [9.17, 15) is 10.2 Å². The third-order valence-electron chi connectivity index (χ3n) is 3.71. The van der Waals surface area contributed by atoms with Crippen LogP contribution >= 0.6 is 0 Å². The number of rotatable bonds is 4. The number of anilines is 1. The molecule has 0 aromatic heterocycles. The van der Waals surface area contributed by atoms with Crippen LogP contribution in [0.1, 0.15) is 38.9 Å². The van der Waals surface area contributed by atoms with Crippen LogP contribution in [0.25, 0.3) is 0 Å². The molecule has 1 aromatic rings. The number of benzene rings is 1. The Balaban J connectivity index is 2.14. The maximum atomic E-state index is 9.83. The van der Waals surface area contributed by atoms with Gasteiger partial charge in [0.1, 0.15) is 0 Å². The first kappa shape index (κ1) is 15.3. The lowest BCUT2D eigenvalue weighted by atomic mass is 10.0. The molecule has 1 aliphatic heterocycles. The van der Waals surface area contributed by atoms with Gasteiger partial charge in [-0.25, -0.2) is 0 Å². The van der Waals surface area contributed by atoms with Gasteiger partial charge in [0.15, 0.2) is 0 Å². The van der Waals surface area contributed by atoms with Gasteiger partial charge in [0.2, 0.25) is 0 Å². The molecule has 0 aliphatic carbocycles. The lowest BCUT2D eigenvalue weighted by molar-refractivity contribution is -0.101. The van der Waals surface area contributed by atoms with Crippen molar-refractivity contribution < 1.29 is 14.9 Å². The van der Waals surface area contributed by atoms with Gasteiger partial charge < -0.3 is 19.8 Å². The van der Waals surface area contributed by atoms with Crippen LogP contribution in [0.15, 0.2) is 24.3 Å². The topological polar surface area (TPSA) is 52.9 Å². The number of aliphatic hydroxyl groups excluding tert-OH is 2. The molecule has 1 aliphatic rings. The highest BCUT2D eigenvalue weighted by Crippen LogP contribution is 2.27. The average Bonchev–Trinajstić information content (AvgIpc) is 2.44. The number of nitrogens with zero attached hydrogens (tertiary/aromatic N) is 1. The molecule has 0 amide bonds. The van der Waals surface area contributed by atoms with Gasteiger partial charge in [0, 0.05) is 18.8 Å². The van der Waals surface area contributed by atoms with E-state index >= 15 is 0 Å². The van der Waals surface area contributed by atoms with Gasteiger partial charge in [0.25, 0.3) is 0 Å². The third-order valence-corrected chi connectivity index (χ3v) is 3.71. The fourth-order valence-electron chi connectivity index (χ4n) is 2.73. The first-order valence-corrected chi connectivity index (χ1v) is 7.27. The second-order valence-corrected chi connectivity index (χ2v) is 6.08. The van der Waals surface area contributed by atoms with Crippen LogP contribution in [0, 0.1) is 0 Å². The molecule has 1 heterocycles. The standard InChI is InChI=1S/C16H25NO3/c1-4-15(19)12-5-7-13(8-6-12)17-9-14(10-18)20-16(2,3)11-17/h5-8,14-15,18-19H,4,9-11H2,1-3H3/t14?,15-/m1/s1. The molecule has 0 radical (unpaired) electrons. The molecule has 112 valence electrons. The minimum atomic E-state index is -0.393. The van der Waals surface area contributed by atoms with Crippen LogP contribution < -0.4 is 4.90 Å². The third kappa shape index (κ3) is 3.51. The van der Waals surface area contributed by atoms with Crippen molar-refractivity contribution in [3.63, 3.8) is 0 Å². The fraction of sp³-hybridized carbons (Fsp3) is 0.625. The van der Waals surface area contributed by atoms with E-state index in [1.807, 2.05) is 45.0 Å². The molecule has 2 rings (SSSR count). The van der Waals surface area contributed by atoms with Crippen LogP contribution in [0.2, 0.25) is 0 Å². The molecule has 1 aromatic carbocycles. The number of ether oxygens (including phenoxy) is 1. The highest BCUT2D eigenvalue weighted by atomic mass is 16.5. The van der Waals surface area contributed by atoms with Gasteiger partial charge in [-0.3, -0.25) is 0 Å². The summed E-state index contributed by atoms with van der Waals surface area (Å²) in [5.41, 5.74) is 1.78. The van der Waals surface area contributed by atoms with Crippen LogP contribution in [0.3, 0.4) is 0 Å². The van der Waals surface area contributed by atoms with Crippen LogP contribution in [-0.2, 0) is 4.74 Å². The van der Waals surface area contributed by atoms with E-state index in [1.54, 1.807) is 0 Å². The molecule has 20 heavy (non-hydrogen) atoms. The number of morpholine rings is 1. The van der Waals surface area contributed by atoms with Gasteiger partial charge in [-0.15, -0.1) is 0 Å². The smallest absolute Gasteiger partial charge is 0.0988 e. The quantitative estimate of drug-likeness (QED) is 0.886. The second kappa shape index (κ2) is 6.12. The Hall–Kier alpha value is -1.10. The molecular weight excluding hydrogens is 254 g/mol. The lowest BCUT2D eigenvalue weighted by Gasteiger charge is -2.43. The summed E-state index contributed by atoms with van der Waals surface area (Å²) in [6.07, 6.45) is 0.172. The van der Waals surface area contributed by atoms with Gasteiger partial charge in [-0.1, -0.05) is 19.1 Å². The van der Waals surface area contributed by atoms with Gasteiger partial charge in [-0.05, 0) is 38.0 Å². The van der Waals surface area contributed by atoms with E-state index in [2.05, 4.69) is 4.90 Å². The predicted octanol–water partition coefficient (Wildman–Crippen LogP) is 2.11. The largest absolute Gasteiger partial charge is 0.394 e. The fourth-order valence-corrected chi connectivity index (χ4v) is 2.73. The Kier molecular flexibility index (Phi) is 4.68. The highest BCUT2D eigenvalue weighted by molar-refractivity contribution is 5.49. The second-order valence-electron chi connectivity index (χ2n) is 6.08. The maximum absolute atomic E-state index is 9.83. The van der Waals surface area contributed by atoms with Crippen LogP contribution in [-0.4, -0.2) is 41.6 Å². The van der Waals surface area contributed by atoms with Gasteiger partial charge in [-0.2, -0.15) is 0 Å². The predicted molar refractivity (Wildman–Crippen MR) is 79.9 cm³/mol. The number of hydrogen-bond acceptors (Lipinski definition) is 4. The SMILES string of the molecule is CC[C@@H](O)c1ccc(N2CC(CO)OC(C)(C)C2)cc1. The Morgan fingerprint density at radius 2 is 2.00 bits per heavy atom. The normalized spacial score (nSPS) is 23.6. The minimum absolute atomic E-state index is 0.0343. The van der Waals surface area contributed by atoms with E-state index in [0.29, 0.717) is 6.54 Å². The average molecular weight is 279 g/mol. The van der Waals surface area contributed by atoms with Crippen molar-refractivity contribution >= 4 is 5.69 Å². The Morgan fingerprint density at radius 3 is 2.55 bits per heavy atom. The van der Waals surface area contributed by atoms with Crippen molar-refractivity contribution in [2.75, 3.05) is 24.6 Å². The summed E-state index contributed by atoms with van der Waals surface area (Å²) in [7, 11) is 0. The van der Waals surface area contributed by atoms with E-state index in [4.69, 9.17) is 4.74 Å². The first-order valence-electron chi connectivity index (χ1n) is 7.27. The van der Waals surface area contributed by atoms with Crippen molar-refractivity contribution in [2.24, 2.45) is 0 Å². The number of hydrogen-bond donors (Lipinski definition) is 2. The zero-order chi connectivity index (χ0) is 14.8. The summed E-state index contributed by atoms with van der Waals surface area (Å²) >= 11 is 0. The van der Waals surface area contributed by atoms with Crippen molar-refractivity contribution in [2.45, 2.75) is 45.0 Å². The molecule has 0 bridgehead atoms. The zero-order valence-corrected chi connectivity index (χ0v) is 12.5. The summed E-state index contributed by atoms with van der Waals surface area (Å²) in [6.45, 7) is 7.56. The summed E-state index contributed by atoms with van der Waals surface area (Å²) in [5, 5.41) is 19.2. The van der Waals surface area contributed by atoms with Gasteiger partial charge >= 0.3 is 0 Å². The van der Waals surface area contributed by atoms with Crippen LogP contribution in [0.5, 0.6) is 0 Å². The Morgan fingerprint density at radius 1 is 1.35 bits per heavy atom. The van der Waals surface area contributed by atoms with E-state index in [0.717, 1.165) is 24.2 Å². The van der Waals surface area contributed by atoms with Crippen molar-refractivity contribution in [3.05, 3.63) is 29.8 Å². The maximum Gasteiger partial charge on any atom is 0.0988 e. The summed E-state index contributed by atoms with van der Waals surface area (Å²) in [6, 6.07) is 8.01. The summed E-state index contributed by atoms with van der Waals surface area (Å²) < 4.78 is 5.82. The van der Waals surface area contributed by atoms with Crippen molar-refractivity contribution in [3.8, 4) is 0 Å². The van der Waals surface area contributed by atoms with Gasteiger partial charge in [0.05, 0.1) is 24.4 Å². The molecule has 1 unspecified atom stereocenters. The van der Waals surface area contributed by atoms with E-state index in [-0.39, 0.29) is 18.3 Å². The molecule has 2 N–H and O–H groups in total. The Labute approximate surface area is 121 Å². The van der Waals surface area contributed by atoms with E-state index < -0.39 is 6.10 Å². The molecule has 1 saturated heterocycles. The van der Waals surface area contributed by atoms with Crippen LogP contribution in [0.4, 0.5) is 5.69 Å². The molecule has 4 nitrogen and oxygen atoms in total. The van der Waals surface area contributed by atoms with Crippen molar-refractivity contribution in [1.29, 1.82) is 0 Å². The first-order chi connectivity index (χ1) is 9.45. The molecule has 2 atom stereocenters. The molecular formula is C16H25NO3. The summed E-state index contributed by atoms with van der Waals surface area (Å²) in [4.78, 5) is 2.23. The zero-order valence-electron chi connectivity index (χ0n) is 12.5.